The molecule has 0 rings (SSSR count). The third-order valence-electron chi connectivity index (χ3n) is 1.61. The van der Waals surface area contributed by atoms with Crippen LogP contribution in [-0.2, 0) is 17.1 Å². The average molecular weight is 246 g/mol. The van der Waals surface area contributed by atoms with Gasteiger partial charge in [-0.15, -0.1) is 0 Å². The molecule has 0 aliphatic rings. The number of unbranched alkanes of at least 4 members (excludes halogenated alkanes) is 2. The van der Waals surface area contributed by atoms with Crippen LogP contribution in [0, 0.1) is 0 Å². The van der Waals surface area contributed by atoms with Gasteiger partial charge in [0, 0.05) is 23.2 Å². The molecule has 0 spiro atoms. The molecule has 1 atom stereocenters. The van der Waals surface area contributed by atoms with Gasteiger partial charge in [0.2, 0.25) is 0 Å². The van der Waals surface area contributed by atoms with Crippen molar-refractivity contribution in [3.8, 4) is 0 Å². The van der Waals surface area contributed by atoms with E-state index in [2.05, 4.69) is 6.92 Å². The summed E-state index contributed by atoms with van der Waals surface area (Å²) < 4.78 is 0. The molecule has 1 unspecified atom stereocenters. The Morgan fingerprint density at radius 3 is 1.71 bits per heavy atom. The van der Waals surface area contributed by atoms with E-state index in [1.54, 1.807) is 13.8 Å². The van der Waals surface area contributed by atoms with E-state index in [0.29, 0.717) is 0 Å². The first-order valence-corrected chi connectivity index (χ1v) is 5.40. The molecule has 0 fully saturated rings. The third kappa shape index (κ3) is 29.4. The van der Waals surface area contributed by atoms with Crippen molar-refractivity contribution in [2.24, 2.45) is 0 Å². The minimum absolute atomic E-state index is 0. The van der Waals surface area contributed by atoms with Crippen molar-refractivity contribution in [3.05, 3.63) is 0 Å². The zero-order valence-electron chi connectivity index (χ0n) is 9.94. The van der Waals surface area contributed by atoms with Crippen LogP contribution in [-0.4, -0.2) is 22.4 Å². The average Bonchev–Trinajstić information content (AvgIpc) is 2.03. The molecule has 0 aromatic heterocycles. The zero-order chi connectivity index (χ0) is 10.7. The first-order chi connectivity index (χ1) is 6.04. The Balaban J connectivity index is -0.000000209. The Hall–Kier alpha value is 0.439. The molecular formula is C11H26FeO2. The monoisotopic (exact) mass is 246 g/mol. The quantitative estimate of drug-likeness (QED) is 0.578. The largest absolute Gasteiger partial charge is 0.394 e. The second kappa shape index (κ2) is 15.9. The summed E-state index contributed by atoms with van der Waals surface area (Å²) in [6.07, 6.45) is 5.38. The van der Waals surface area contributed by atoms with Gasteiger partial charge in [0.05, 0.1) is 6.10 Å². The first kappa shape index (κ1) is 19.9. The maximum Gasteiger partial charge on any atom is 0.0537 e. The SMILES string of the molecule is CC(C)O.CCCCCC(O)CC.[Fe]. The molecule has 0 amide bonds. The molecule has 0 aliphatic heterocycles. The minimum atomic E-state index is -0.167. The molecule has 0 aliphatic carbocycles. The second-order valence-corrected chi connectivity index (χ2v) is 3.65. The maximum absolute atomic E-state index is 9.08. The second-order valence-electron chi connectivity index (χ2n) is 3.65. The van der Waals surface area contributed by atoms with Crippen LogP contribution >= 0.6 is 0 Å². The number of hydrogen-bond donors (Lipinski definition) is 2. The van der Waals surface area contributed by atoms with E-state index in [-0.39, 0.29) is 29.3 Å². The summed E-state index contributed by atoms with van der Waals surface area (Å²) in [5.41, 5.74) is 0. The summed E-state index contributed by atoms with van der Waals surface area (Å²) in [6.45, 7) is 7.65. The third-order valence-corrected chi connectivity index (χ3v) is 1.61. The molecule has 0 saturated carbocycles. The number of hydrogen-bond acceptors (Lipinski definition) is 2. The normalized spacial score (nSPS) is 11.4. The van der Waals surface area contributed by atoms with E-state index in [9.17, 15) is 0 Å². The Kier molecular flexibility index (Phi) is 22.6. The van der Waals surface area contributed by atoms with E-state index in [0.717, 1.165) is 12.8 Å². The van der Waals surface area contributed by atoms with Crippen LogP contribution in [0.1, 0.15) is 59.8 Å². The summed E-state index contributed by atoms with van der Waals surface area (Å²) in [6, 6.07) is 0. The fourth-order valence-electron chi connectivity index (χ4n) is 0.834. The molecule has 0 saturated heterocycles. The van der Waals surface area contributed by atoms with E-state index in [1.165, 1.54) is 19.3 Å². The molecule has 2 nitrogen and oxygen atoms in total. The van der Waals surface area contributed by atoms with Gasteiger partial charge in [0.25, 0.3) is 0 Å². The van der Waals surface area contributed by atoms with Gasteiger partial charge in [-0.25, -0.2) is 0 Å². The van der Waals surface area contributed by atoms with Crippen molar-refractivity contribution in [2.45, 2.75) is 72.0 Å². The first-order valence-electron chi connectivity index (χ1n) is 5.40. The Morgan fingerprint density at radius 2 is 1.43 bits per heavy atom. The van der Waals surface area contributed by atoms with Crippen LogP contribution in [0.2, 0.25) is 0 Å². The van der Waals surface area contributed by atoms with Gasteiger partial charge in [-0.2, -0.15) is 0 Å². The van der Waals surface area contributed by atoms with Crippen molar-refractivity contribution < 1.29 is 27.3 Å². The van der Waals surface area contributed by atoms with Crippen molar-refractivity contribution >= 4 is 0 Å². The van der Waals surface area contributed by atoms with Crippen LogP contribution in [0.3, 0.4) is 0 Å². The zero-order valence-corrected chi connectivity index (χ0v) is 11.0. The van der Waals surface area contributed by atoms with Gasteiger partial charge < -0.3 is 10.2 Å². The Morgan fingerprint density at radius 1 is 1.00 bits per heavy atom. The minimum Gasteiger partial charge on any atom is -0.394 e. The van der Waals surface area contributed by atoms with Crippen molar-refractivity contribution in [1.29, 1.82) is 0 Å². The summed E-state index contributed by atoms with van der Waals surface area (Å²) in [5, 5.41) is 17.1. The molecule has 0 radical (unpaired) electrons. The number of rotatable bonds is 5. The summed E-state index contributed by atoms with van der Waals surface area (Å²) >= 11 is 0. The van der Waals surface area contributed by atoms with Crippen LogP contribution in [0.5, 0.6) is 0 Å². The standard InChI is InChI=1S/C8H18O.C3H8O.Fe/c1-3-5-6-7-8(9)4-2;1-3(2)4;/h8-9H,3-7H2,1-2H3;3-4H,1-2H3;. The molecule has 0 bridgehead atoms. The fraction of sp³-hybridized carbons (Fsp3) is 1.00. The Labute approximate surface area is 99.6 Å². The topological polar surface area (TPSA) is 40.5 Å². The fourth-order valence-corrected chi connectivity index (χ4v) is 0.834. The van der Waals surface area contributed by atoms with E-state index >= 15 is 0 Å². The van der Waals surface area contributed by atoms with Crippen LogP contribution in [0.4, 0.5) is 0 Å². The van der Waals surface area contributed by atoms with Gasteiger partial charge in [-0.3, -0.25) is 0 Å². The smallest absolute Gasteiger partial charge is 0.0537 e. The molecular weight excluding hydrogens is 220 g/mol. The molecule has 0 aromatic rings. The molecule has 90 valence electrons. The summed E-state index contributed by atoms with van der Waals surface area (Å²) in [4.78, 5) is 0. The predicted octanol–water partition coefficient (Wildman–Crippen LogP) is 2.72. The van der Waals surface area contributed by atoms with E-state index in [1.807, 2.05) is 6.92 Å². The van der Waals surface area contributed by atoms with Gasteiger partial charge in [-0.1, -0.05) is 33.1 Å². The van der Waals surface area contributed by atoms with Crippen molar-refractivity contribution in [2.75, 3.05) is 0 Å². The van der Waals surface area contributed by atoms with Gasteiger partial charge in [-0.05, 0) is 26.7 Å². The maximum atomic E-state index is 9.08. The van der Waals surface area contributed by atoms with Gasteiger partial charge >= 0.3 is 0 Å². The molecule has 0 heterocycles. The molecule has 2 N–H and O–H groups in total. The Bertz CT molecular complexity index is 84.6. The van der Waals surface area contributed by atoms with Crippen LogP contribution in [0.25, 0.3) is 0 Å². The van der Waals surface area contributed by atoms with Gasteiger partial charge in [0.15, 0.2) is 0 Å². The van der Waals surface area contributed by atoms with Crippen molar-refractivity contribution in [1.82, 2.24) is 0 Å². The van der Waals surface area contributed by atoms with Crippen LogP contribution in [0.15, 0.2) is 0 Å². The number of aliphatic hydroxyl groups excluding tert-OH is 2. The van der Waals surface area contributed by atoms with Crippen molar-refractivity contribution in [3.63, 3.8) is 0 Å². The van der Waals surface area contributed by atoms with Gasteiger partial charge in [0.1, 0.15) is 0 Å². The molecule has 14 heavy (non-hydrogen) atoms. The predicted molar refractivity (Wildman–Crippen MR) is 57.8 cm³/mol. The summed E-state index contributed by atoms with van der Waals surface area (Å²) in [5.74, 6) is 0. The molecule has 3 heteroatoms. The van der Waals surface area contributed by atoms with Crippen LogP contribution < -0.4 is 0 Å². The summed E-state index contributed by atoms with van der Waals surface area (Å²) in [7, 11) is 0. The van der Waals surface area contributed by atoms with E-state index in [4.69, 9.17) is 10.2 Å². The number of aliphatic hydroxyl groups is 2. The molecule has 0 aromatic carbocycles. The van der Waals surface area contributed by atoms with E-state index < -0.39 is 0 Å².